The Balaban J connectivity index is 1.73. The van der Waals surface area contributed by atoms with Crippen LogP contribution in [0.4, 0.5) is 4.79 Å². The van der Waals surface area contributed by atoms with Crippen LogP contribution in [-0.4, -0.2) is 50.5 Å². The van der Waals surface area contributed by atoms with Crippen LogP contribution in [-0.2, 0) is 17.8 Å². The molecule has 7 heteroatoms. The highest BCUT2D eigenvalue weighted by Gasteiger charge is 2.49. The number of hydrogen-bond donors (Lipinski definition) is 1. The average molecular weight is 323 g/mol. The van der Waals surface area contributed by atoms with E-state index in [0.717, 1.165) is 22.7 Å². The van der Waals surface area contributed by atoms with E-state index >= 15 is 0 Å². The van der Waals surface area contributed by atoms with Crippen molar-refractivity contribution < 1.29 is 14.7 Å². The number of fused-ring (bicyclic) bond motifs is 1. The molecule has 120 valence electrons. The van der Waals surface area contributed by atoms with Crippen LogP contribution >= 0.6 is 11.3 Å². The molecule has 1 N–H and O–H groups in total. The second-order valence-electron chi connectivity index (χ2n) is 6.37. The Bertz CT molecular complexity index is 586. The van der Waals surface area contributed by atoms with Gasteiger partial charge < -0.3 is 10.0 Å². The quantitative estimate of drug-likeness (QED) is 0.855. The smallest absolute Gasteiger partial charge is 0.327 e. The van der Waals surface area contributed by atoms with Gasteiger partial charge in [-0.15, -0.1) is 11.3 Å². The van der Waals surface area contributed by atoms with Crippen LogP contribution in [0.25, 0.3) is 0 Å². The van der Waals surface area contributed by atoms with Crippen molar-refractivity contribution in [1.29, 1.82) is 0 Å². The Morgan fingerprint density at radius 1 is 1.45 bits per heavy atom. The van der Waals surface area contributed by atoms with Crippen molar-refractivity contribution in [3.05, 3.63) is 16.1 Å². The zero-order valence-electron chi connectivity index (χ0n) is 12.9. The summed E-state index contributed by atoms with van der Waals surface area (Å²) in [5.41, 5.74) is 0. The SMILES string of the molecule is CC(C)Cc1ncc(CN2C(=O)[C@H]3[C@@H](O)CCCN3C2=O)s1. The van der Waals surface area contributed by atoms with E-state index in [4.69, 9.17) is 0 Å². The maximum atomic E-state index is 12.4. The lowest BCUT2D eigenvalue weighted by Gasteiger charge is -2.30. The summed E-state index contributed by atoms with van der Waals surface area (Å²) in [4.78, 5) is 32.9. The summed E-state index contributed by atoms with van der Waals surface area (Å²) in [7, 11) is 0. The number of aromatic nitrogens is 1. The minimum atomic E-state index is -0.742. The van der Waals surface area contributed by atoms with Crippen molar-refractivity contribution in [2.75, 3.05) is 6.54 Å². The number of rotatable bonds is 4. The molecule has 0 bridgehead atoms. The summed E-state index contributed by atoms with van der Waals surface area (Å²) in [5.74, 6) is 0.245. The zero-order chi connectivity index (χ0) is 15.9. The van der Waals surface area contributed by atoms with Gasteiger partial charge in [0.25, 0.3) is 5.91 Å². The fourth-order valence-corrected chi connectivity index (χ4v) is 4.19. The number of thiazole rings is 1. The fourth-order valence-electron chi connectivity index (χ4n) is 3.06. The molecule has 1 aromatic rings. The molecule has 0 spiro atoms. The molecule has 0 aliphatic carbocycles. The summed E-state index contributed by atoms with van der Waals surface area (Å²) in [6, 6.07) is -0.975. The molecule has 0 saturated carbocycles. The Hall–Kier alpha value is -1.47. The summed E-state index contributed by atoms with van der Waals surface area (Å²) in [6.07, 6.45) is 3.22. The lowest BCUT2D eigenvalue weighted by atomic mass is 10.0. The van der Waals surface area contributed by atoms with Gasteiger partial charge in [0, 0.05) is 24.0 Å². The predicted molar refractivity (Wildman–Crippen MR) is 82.3 cm³/mol. The van der Waals surface area contributed by atoms with Crippen LogP contribution in [0, 0.1) is 5.92 Å². The third kappa shape index (κ3) is 2.75. The molecule has 0 aromatic carbocycles. The number of nitrogens with zero attached hydrogens (tertiary/aromatic N) is 3. The topological polar surface area (TPSA) is 73.7 Å². The van der Waals surface area contributed by atoms with E-state index in [1.807, 2.05) is 0 Å². The Morgan fingerprint density at radius 2 is 2.23 bits per heavy atom. The van der Waals surface area contributed by atoms with Crippen molar-refractivity contribution in [3.63, 3.8) is 0 Å². The molecular formula is C15H21N3O3S. The molecule has 0 radical (unpaired) electrons. The maximum absolute atomic E-state index is 12.4. The van der Waals surface area contributed by atoms with Gasteiger partial charge in [0.05, 0.1) is 17.7 Å². The van der Waals surface area contributed by atoms with Gasteiger partial charge in [-0.3, -0.25) is 9.69 Å². The van der Waals surface area contributed by atoms with Gasteiger partial charge in [-0.1, -0.05) is 13.8 Å². The van der Waals surface area contributed by atoms with Gasteiger partial charge in [0.15, 0.2) is 0 Å². The van der Waals surface area contributed by atoms with E-state index in [-0.39, 0.29) is 18.5 Å². The molecule has 3 heterocycles. The number of piperidine rings is 1. The Morgan fingerprint density at radius 3 is 2.91 bits per heavy atom. The third-order valence-corrected chi connectivity index (χ3v) is 5.10. The average Bonchev–Trinajstić information content (AvgIpc) is 2.98. The number of hydrogen-bond acceptors (Lipinski definition) is 5. The number of urea groups is 1. The van der Waals surface area contributed by atoms with E-state index in [1.165, 1.54) is 9.80 Å². The maximum Gasteiger partial charge on any atom is 0.327 e. The molecule has 2 saturated heterocycles. The van der Waals surface area contributed by atoms with E-state index < -0.39 is 12.1 Å². The van der Waals surface area contributed by atoms with Gasteiger partial charge in [-0.05, 0) is 18.8 Å². The molecule has 6 nitrogen and oxygen atoms in total. The van der Waals surface area contributed by atoms with Gasteiger partial charge in [-0.2, -0.15) is 0 Å². The monoisotopic (exact) mass is 323 g/mol. The van der Waals surface area contributed by atoms with E-state index in [1.54, 1.807) is 17.5 Å². The first-order valence-corrected chi connectivity index (χ1v) is 8.52. The number of carbonyl (C=O) groups excluding carboxylic acids is 2. The van der Waals surface area contributed by atoms with Crippen LogP contribution in [0.1, 0.15) is 36.6 Å². The minimum Gasteiger partial charge on any atom is -0.390 e. The lowest BCUT2D eigenvalue weighted by Crippen LogP contribution is -2.48. The van der Waals surface area contributed by atoms with Crippen LogP contribution in [0.3, 0.4) is 0 Å². The molecule has 3 amide bonds. The summed E-state index contributed by atoms with van der Waals surface area (Å²) < 4.78 is 0. The molecule has 0 unspecified atom stereocenters. The van der Waals surface area contributed by atoms with Crippen LogP contribution in [0.2, 0.25) is 0 Å². The minimum absolute atomic E-state index is 0.257. The molecule has 2 aliphatic heterocycles. The highest BCUT2D eigenvalue weighted by Crippen LogP contribution is 2.29. The van der Waals surface area contributed by atoms with Crippen molar-refractivity contribution in [2.45, 2.75) is 51.8 Å². The largest absolute Gasteiger partial charge is 0.390 e. The second-order valence-corrected chi connectivity index (χ2v) is 7.57. The highest BCUT2D eigenvalue weighted by atomic mass is 32.1. The normalized spacial score (nSPS) is 25.3. The predicted octanol–water partition coefficient (Wildman–Crippen LogP) is 1.63. The van der Waals surface area contributed by atoms with Gasteiger partial charge >= 0.3 is 6.03 Å². The molecule has 2 fully saturated rings. The third-order valence-electron chi connectivity index (χ3n) is 4.09. The van der Waals surface area contributed by atoms with Crippen molar-refractivity contribution in [2.24, 2.45) is 5.92 Å². The fraction of sp³-hybridized carbons (Fsp3) is 0.667. The first kappa shape index (κ1) is 15.4. The van der Waals surface area contributed by atoms with Crippen LogP contribution in [0.15, 0.2) is 6.20 Å². The first-order valence-electron chi connectivity index (χ1n) is 7.71. The lowest BCUT2D eigenvalue weighted by molar-refractivity contribution is -0.132. The van der Waals surface area contributed by atoms with Crippen LogP contribution in [0.5, 0.6) is 0 Å². The molecule has 22 heavy (non-hydrogen) atoms. The molecule has 2 aliphatic rings. The Kier molecular flexibility index (Phi) is 4.18. The van der Waals surface area contributed by atoms with Gasteiger partial charge in [-0.25, -0.2) is 9.78 Å². The standard InChI is InChI=1S/C15H21N3O3S/c1-9(2)6-12-16-7-10(22-12)8-18-14(20)13-11(19)4-3-5-17(13)15(18)21/h7,9,11,13,19H,3-6,8H2,1-2H3/t11-,13+/m0/s1. The van der Waals surface area contributed by atoms with E-state index in [2.05, 4.69) is 18.8 Å². The number of aliphatic hydroxyl groups excluding tert-OH is 1. The molecular weight excluding hydrogens is 302 g/mol. The van der Waals surface area contributed by atoms with Crippen LogP contribution < -0.4 is 0 Å². The first-order chi connectivity index (χ1) is 10.5. The molecule has 2 atom stereocenters. The Labute approximate surface area is 133 Å². The number of amides is 3. The summed E-state index contributed by atoms with van der Waals surface area (Å²) in [6.45, 7) is 5.07. The summed E-state index contributed by atoms with van der Waals surface area (Å²) >= 11 is 1.55. The van der Waals surface area contributed by atoms with Crippen molar-refractivity contribution in [3.8, 4) is 0 Å². The number of imide groups is 1. The van der Waals surface area contributed by atoms with Crippen molar-refractivity contribution >= 4 is 23.3 Å². The summed E-state index contributed by atoms with van der Waals surface area (Å²) in [5, 5.41) is 11.0. The van der Waals surface area contributed by atoms with Gasteiger partial charge in [0.1, 0.15) is 6.04 Å². The molecule has 3 rings (SSSR count). The van der Waals surface area contributed by atoms with E-state index in [9.17, 15) is 14.7 Å². The highest BCUT2D eigenvalue weighted by molar-refractivity contribution is 7.11. The zero-order valence-corrected chi connectivity index (χ0v) is 13.7. The number of aliphatic hydroxyl groups is 1. The second kappa shape index (κ2) is 5.96. The van der Waals surface area contributed by atoms with E-state index in [0.29, 0.717) is 18.9 Å². The van der Waals surface area contributed by atoms with Gasteiger partial charge in [0.2, 0.25) is 0 Å². The van der Waals surface area contributed by atoms with Crippen molar-refractivity contribution in [1.82, 2.24) is 14.8 Å². The number of carbonyl (C=O) groups is 2. The molecule has 1 aromatic heterocycles.